The van der Waals surface area contributed by atoms with E-state index in [0.29, 0.717) is 44.4 Å². The van der Waals surface area contributed by atoms with E-state index in [0.717, 1.165) is 17.0 Å². The number of hydrogen-bond acceptors (Lipinski definition) is 5. The van der Waals surface area contributed by atoms with Crippen LogP contribution in [0.15, 0.2) is 48.3 Å². The quantitative estimate of drug-likeness (QED) is 0.731. The summed E-state index contributed by atoms with van der Waals surface area (Å²) in [6, 6.07) is 4.46. The van der Waals surface area contributed by atoms with Crippen molar-refractivity contribution in [1.29, 1.82) is 0 Å². The number of rotatable bonds is 4. The molecular weight excluding hydrogens is 418 g/mol. The van der Waals surface area contributed by atoms with Crippen molar-refractivity contribution in [3.8, 4) is 0 Å². The van der Waals surface area contributed by atoms with Crippen molar-refractivity contribution < 1.29 is 13.6 Å². The molecule has 152 valence electrons. The molecular formula is C20H19ClF2N4OS. The van der Waals surface area contributed by atoms with E-state index < -0.39 is 5.82 Å². The van der Waals surface area contributed by atoms with Gasteiger partial charge in [0.15, 0.2) is 16.1 Å². The van der Waals surface area contributed by atoms with Crippen LogP contribution in [0.3, 0.4) is 0 Å². The fourth-order valence-electron chi connectivity index (χ4n) is 3.44. The first-order chi connectivity index (χ1) is 14.0. The van der Waals surface area contributed by atoms with E-state index >= 15 is 0 Å². The lowest BCUT2D eigenvalue weighted by atomic mass is 10.1. The van der Waals surface area contributed by atoms with E-state index in [-0.39, 0.29) is 21.6 Å². The van der Waals surface area contributed by atoms with Gasteiger partial charge in [0.1, 0.15) is 0 Å². The summed E-state index contributed by atoms with van der Waals surface area (Å²) in [7, 11) is 0. The van der Waals surface area contributed by atoms with Gasteiger partial charge in [-0.2, -0.15) is 4.39 Å². The largest absolute Gasteiger partial charge is 0.336 e. The summed E-state index contributed by atoms with van der Waals surface area (Å²) < 4.78 is 27.5. The van der Waals surface area contributed by atoms with Crippen LogP contribution in [0.25, 0.3) is 0 Å². The summed E-state index contributed by atoms with van der Waals surface area (Å²) in [5, 5.41) is 0.267. The first-order valence-electron chi connectivity index (χ1n) is 9.23. The number of nitrogens with zero attached hydrogens (tertiary/aromatic N) is 4. The van der Waals surface area contributed by atoms with Crippen molar-refractivity contribution in [2.75, 3.05) is 44.2 Å². The normalized spacial score (nSPS) is 17.6. The number of carbonyl (C=O) groups excluding carboxylic acids is 1. The molecule has 1 aromatic carbocycles. The van der Waals surface area contributed by atoms with Gasteiger partial charge in [0.2, 0.25) is 0 Å². The Kier molecular flexibility index (Phi) is 5.94. The Balaban J connectivity index is 1.38. The Morgan fingerprint density at radius 2 is 2.00 bits per heavy atom. The number of thiazole rings is 1. The van der Waals surface area contributed by atoms with E-state index in [4.69, 9.17) is 11.6 Å². The van der Waals surface area contributed by atoms with Crippen LogP contribution < -0.4 is 4.90 Å². The number of piperazine rings is 1. The van der Waals surface area contributed by atoms with Gasteiger partial charge < -0.3 is 9.80 Å². The fraction of sp³-hybridized carbons (Fsp3) is 0.300. The third kappa shape index (κ3) is 4.34. The molecule has 1 saturated heterocycles. The zero-order valence-corrected chi connectivity index (χ0v) is 17.1. The van der Waals surface area contributed by atoms with E-state index in [9.17, 15) is 13.6 Å². The molecule has 2 aliphatic heterocycles. The zero-order valence-electron chi connectivity index (χ0n) is 15.5. The lowest BCUT2D eigenvalue weighted by Crippen LogP contribution is -2.50. The van der Waals surface area contributed by atoms with Crippen LogP contribution in [0.2, 0.25) is 5.02 Å². The average Bonchev–Trinajstić information content (AvgIpc) is 3.17. The highest BCUT2D eigenvalue weighted by molar-refractivity contribution is 7.14. The van der Waals surface area contributed by atoms with Gasteiger partial charge in [0, 0.05) is 45.0 Å². The molecule has 9 heteroatoms. The van der Waals surface area contributed by atoms with Gasteiger partial charge in [0.25, 0.3) is 5.91 Å². The first kappa shape index (κ1) is 20.0. The number of halogens is 3. The molecule has 5 nitrogen and oxygen atoms in total. The molecule has 0 saturated carbocycles. The number of carbonyl (C=O) groups is 1. The summed E-state index contributed by atoms with van der Waals surface area (Å²) in [4.78, 5) is 22.7. The van der Waals surface area contributed by atoms with E-state index in [1.807, 2.05) is 23.1 Å². The molecule has 0 spiro atoms. The van der Waals surface area contributed by atoms with Gasteiger partial charge in [0.05, 0.1) is 16.8 Å². The summed E-state index contributed by atoms with van der Waals surface area (Å²) in [6.45, 7) is 3.63. The Hall–Kier alpha value is -2.29. The highest BCUT2D eigenvalue weighted by Crippen LogP contribution is 2.27. The van der Waals surface area contributed by atoms with Crippen molar-refractivity contribution in [1.82, 2.24) is 14.8 Å². The van der Waals surface area contributed by atoms with Crippen LogP contribution in [0.4, 0.5) is 13.9 Å². The van der Waals surface area contributed by atoms with E-state index in [2.05, 4.69) is 9.88 Å². The molecule has 1 aromatic heterocycles. The smallest absolute Gasteiger partial charge is 0.256 e. The summed E-state index contributed by atoms with van der Waals surface area (Å²) >= 11 is 6.82. The predicted molar refractivity (Wildman–Crippen MR) is 110 cm³/mol. The lowest BCUT2D eigenvalue weighted by molar-refractivity contribution is 0.0642. The van der Waals surface area contributed by atoms with Gasteiger partial charge in [-0.15, -0.1) is 0 Å². The molecule has 4 rings (SSSR count). The maximum absolute atomic E-state index is 14.2. The Labute approximate surface area is 176 Å². The van der Waals surface area contributed by atoms with Crippen LogP contribution in [0.5, 0.6) is 0 Å². The zero-order chi connectivity index (χ0) is 20.4. The first-order valence-corrected chi connectivity index (χ1v) is 10.4. The number of anilines is 1. The lowest BCUT2D eigenvalue weighted by Gasteiger charge is -2.37. The van der Waals surface area contributed by atoms with Gasteiger partial charge in [-0.1, -0.05) is 41.2 Å². The maximum atomic E-state index is 14.2. The number of benzene rings is 1. The molecule has 2 aliphatic rings. The van der Waals surface area contributed by atoms with Crippen molar-refractivity contribution in [2.45, 2.75) is 0 Å². The van der Waals surface area contributed by atoms with Crippen LogP contribution in [0.1, 0.15) is 10.4 Å². The van der Waals surface area contributed by atoms with Crippen LogP contribution >= 0.6 is 22.9 Å². The second kappa shape index (κ2) is 8.61. The summed E-state index contributed by atoms with van der Waals surface area (Å²) in [5.41, 5.74) is 1.03. The second-order valence-electron chi connectivity index (χ2n) is 6.81. The molecule has 29 heavy (non-hydrogen) atoms. The number of amides is 1. The van der Waals surface area contributed by atoms with Gasteiger partial charge in [-0.05, 0) is 18.2 Å². The third-order valence-corrected chi connectivity index (χ3v) is 6.08. The molecule has 2 aromatic rings. The van der Waals surface area contributed by atoms with Crippen molar-refractivity contribution >= 4 is 34.0 Å². The van der Waals surface area contributed by atoms with Crippen LogP contribution in [0, 0.1) is 10.9 Å². The van der Waals surface area contributed by atoms with Crippen molar-refractivity contribution in [3.05, 3.63) is 69.9 Å². The van der Waals surface area contributed by atoms with E-state index in [1.165, 1.54) is 18.3 Å². The Morgan fingerprint density at radius 1 is 1.21 bits per heavy atom. The Bertz CT molecular complexity index is 969. The molecule has 0 N–H and O–H groups in total. The molecule has 0 atom stereocenters. The van der Waals surface area contributed by atoms with Crippen LogP contribution in [-0.4, -0.2) is 60.0 Å². The monoisotopic (exact) mass is 436 g/mol. The summed E-state index contributed by atoms with van der Waals surface area (Å²) in [6.07, 6.45) is 7.22. The second-order valence-corrected chi connectivity index (χ2v) is 8.18. The highest BCUT2D eigenvalue weighted by atomic mass is 35.5. The number of allylic oxidation sites excluding steroid dienone is 2. The molecule has 1 amide bonds. The summed E-state index contributed by atoms with van der Waals surface area (Å²) in [5.74, 6) is -1.02. The minimum absolute atomic E-state index is 0.00282. The topological polar surface area (TPSA) is 39.7 Å². The maximum Gasteiger partial charge on any atom is 0.256 e. The van der Waals surface area contributed by atoms with Crippen LogP contribution in [-0.2, 0) is 0 Å². The predicted octanol–water partition coefficient (Wildman–Crippen LogP) is 3.79. The third-order valence-electron chi connectivity index (χ3n) is 4.98. The van der Waals surface area contributed by atoms with Crippen molar-refractivity contribution in [2.24, 2.45) is 0 Å². The molecule has 0 bridgehead atoms. The van der Waals surface area contributed by atoms with Gasteiger partial charge in [-0.3, -0.25) is 9.69 Å². The molecule has 0 aliphatic carbocycles. The van der Waals surface area contributed by atoms with Crippen molar-refractivity contribution in [3.63, 3.8) is 0 Å². The fourth-order valence-corrected chi connectivity index (χ4v) is 4.30. The minimum atomic E-state index is -0.674. The average molecular weight is 437 g/mol. The number of aromatic nitrogens is 1. The number of hydrogen-bond donors (Lipinski definition) is 0. The molecule has 3 heterocycles. The standard InChI is InChI=1S/C20H19ClF2N4OS/c21-16-6-3-5-15(18(16)23)19(28)26-10-8-25(9-11-26)13-14-4-1-2-7-27(14)20-24-12-17(22)29-20/h1-6,12H,7-11,13H2. The molecule has 1 fully saturated rings. The highest BCUT2D eigenvalue weighted by Gasteiger charge is 2.26. The van der Waals surface area contributed by atoms with Gasteiger partial charge in [-0.25, -0.2) is 9.37 Å². The molecule has 0 radical (unpaired) electrons. The molecule has 0 unspecified atom stereocenters. The Morgan fingerprint density at radius 3 is 2.72 bits per heavy atom. The SMILES string of the molecule is O=C(c1cccc(Cl)c1F)N1CCN(CC2=CC=CCN2c2ncc(F)s2)CC1. The minimum Gasteiger partial charge on any atom is -0.336 e. The van der Waals surface area contributed by atoms with E-state index in [1.54, 1.807) is 11.0 Å². The van der Waals surface area contributed by atoms with Gasteiger partial charge >= 0.3 is 0 Å².